The molecule has 0 fully saturated rings. The zero-order valence-electron chi connectivity index (χ0n) is 11.1. The summed E-state index contributed by atoms with van der Waals surface area (Å²) >= 11 is 5.86. The molecule has 20 heavy (non-hydrogen) atoms. The Kier molecular flexibility index (Phi) is 4.55. The van der Waals surface area contributed by atoms with E-state index in [1.165, 1.54) is 0 Å². The average Bonchev–Trinajstić information content (AvgIpc) is 2.46. The quantitative estimate of drug-likeness (QED) is 0.846. The molecule has 0 aliphatic carbocycles. The molecule has 0 N–H and O–H groups in total. The lowest BCUT2D eigenvalue weighted by Gasteiger charge is -2.14. The Balaban J connectivity index is 2.29. The van der Waals surface area contributed by atoms with Crippen molar-refractivity contribution >= 4 is 17.4 Å². The number of Topliss-reactive ketones (excluding diaryl/α,β-unsaturated/α-hetero) is 1. The van der Waals surface area contributed by atoms with Gasteiger partial charge in [0.05, 0.1) is 11.6 Å². The summed E-state index contributed by atoms with van der Waals surface area (Å²) in [7, 11) is 0. The highest BCUT2D eigenvalue weighted by molar-refractivity contribution is 6.30. The second-order valence-electron chi connectivity index (χ2n) is 4.73. The number of nitrogens with zero attached hydrogens (tertiary/aromatic N) is 1. The first-order valence-corrected chi connectivity index (χ1v) is 6.73. The molecule has 3 heteroatoms. The van der Waals surface area contributed by atoms with Gasteiger partial charge in [0.25, 0.3) is 0 Å². The first-order valence-electron chi connectivity index (χ1n) is 6.35. The highest BCUT2D eigenvalue weighted by Gasteiger charge is 2.17. The molecule has 0 amide bonds. The first kappa shape index (κ1) is 14.3. The molecule has 0 saturated heterocycles. The Morgan fingerprint density at radius 1 is 1.25 bits per heavy atom. The number of hydrogen-bond donors (Lipinski definition) is 0. The van der Waals surface area contributed by atoms with Gasteiger partial charge in [-0.15, -0.1) is 0 Å². The van der Waals surface area contributed by atoms with E-state index in [1.54, 1.807) is 19.1 Å². The van der Waals surface area contributed by atoms with Crippen LogP contribution in [0.2, 0.25) is 5.02 Å². The van der Waals surface area contributed by atoms with Gasteiger partial charge in [0, 0.05) is 10.9 Å². The summed E-state index contributed by atoms with van der Waals surface area (Å²) in [6.45, 7) is 1.58. The number of ketones is 1. The van der Waals surface area contributed by atoms with Crippen LogP contribution in [0.1, 0.15) is 29.5 Å². The van der Waals surface area contributed by atoms with Crippen molar-refractivity contribution in [3.63, 3.8) is 0 Å². The summed E-state index contributed by atoms with van der Waals surface area (Å²) in [6, 6.07) is 16.8. The number of hydrogen-bond acceptors (Lipinski definition) is 2. The molecule has 2 nitrogen and oxygen atoms in total. The van der Waals surface area contributed by atoms with Crippen LogP contribution in [0.15, 0.2) is 48.5 Å². The van der Waals surface area contributed by atoms with Crippen LogP contribution in [-0.2, 0) is 11.2 Å². The van der Waals surface area contributed by atoms with E-state index in [1.807, 2.05) is 36.4 Å². The smallest absolute Gasteiger partial charge is 0.137 e. The SMILES string of the molecule is CC(=O)[C@@H](Cc1ccc(Cl)cc1)c1cccc(C#N)c1. The van der Waals surface area contributed by atoms with Crippen LogP contribution in [0.4, 0.5) is 0 Å². The van der Waals surface area contributed by atoms with Gasteiger partial charge in [-0.25, -0.2) is 0 Å². The second kappa shape index (κ2) is 6.36. The van der Waals surface area contributed by atoms with Crippen LogP contribution in [-0.4, -0.2) is 5.78 Å². The van der Waals surface area contributed by atoms with Gasteiger partial charge in [-0.05, 0) is 48.7 Å². The van der Waals surface area contributed by atoms with E-state index in [2.05, 4.69) is 6.07 Å². The number of halogens is 1. The Hall–Kier alpha value is -2.11. The van der Waals surface area contributed by atoms with Gasteiger partial charge < -0.3 is 0 Å². The van der Waals surface area contributed by atoms with Crippen LogP contribution >= 0.6 is 11.6 Å². The minimum Gasteiger partial charge on any atom is -0.299 e. The van der Waals surface area contributed by atoms with Gasteiger partial charge in [0.15, 0.2) is 0 Å². The van der Waals surface area contributed by atoms with Crippen LogP contribution in [0, 0.1) is 11.3 Å². The normalized spacial score (nSPS) is 11.7. The molecule has 1 atom stereocenters. The minimum absolute atomic E-state index is 0.0926. The third-order valence-electron chi connectivity index (χ3n) is 3.26. The Labute approximate surface area is 123 Å². The van der Waals surface area contributed by atoms with Crippen LogP contribution in [0.3, 0.4) is 0 Å². The van der Waals surface area contributed by atoms with E-state index in [4.69, 9.17) is 16.9 Å². The maximum Gasteiger partial charge on any atom is 0.137 e. The lowest BCUT2D eigenvalue weighted by atomic mass is 9.88. The largest absolute Gasteiger partial charge is 0.299 e. The van der Waals surface area contributed by atoms with Crippen LogP contribution in [0.5, 0.6) is 0 Å². The van der Waals surface area contributed by atoms with Crippen molar-refractivity contribution in [1.82, 2.24) is 0 Å². The first-order chi connectivity index (χ1) is 9.60. The molecule has 0 heterocycles. The van der Waals surface area contributed by atoms with Gasteiger partial charge in [-0.3, -0.25) is 4.79 Å². The zero-order chi connectivity index (χ0) is 14.5. The van der Waals surface area contributed by atoms with Crippen molar-refractivity contribution in [3.05, 3.63) is 70.2 Å². The Morgan fingerprint density at radius 3 is 2.55 bits per heavy atom. The lowest BCUT2D eigenvalue weighted by molar-refractivity contribution is -0.118. The van der Waals surface area contributed by atoms with E-state index >= 15 is 0 Å². The number of carbonyl (C=O) groups is 1. The molecule has 2 rings (SSSR count). The molecule has 0 aliphatic rings. The third kappa shape index (κ3) is 3.46. The van der Waals surface area contributed by atoms with Crippen molar-refractivity contribution < 1.29 is 4.79 Å². The maximum atomic E-state index is 11.9. The molecule has 0 aliphatic heterocycles. The van der Waals surface area contributed by atoms with Crippen molar-refractivity contribution in [1.29, 1.82) is 5.26 Å². The molecule has 2 aromatic carbocycles. The predicted octanol–water partition coefficient (Wildman–Crippen LogP) is 4.13. The van der Waals surface area contributed by atoms with E-state index < -0.39 is 0 Å². The zero-order valence-corrected chi connectivity index (χ0v) is 11.9. The molecular formula is C17H14ClNO. The Bertz CT molecular complexity index is 655. The van der Waals surface area contributed by atoms with Gasteiger partial charge in [-0.1, -0.05) is 35.9 Å². The Morgan fingerprint density at radius 2 is 1.95 bits per heavy atom. The van der Waals surface area contributed by atoms with Crippen molar-refractivity contribution in [2.45, 2.75) is 19.3 Å². The fourth-order valence-corrected chi connectivity index (χ4v) is 2.30. The van der Waals surface area contributed by atoms with Gasteiger partial charge >= 0.3 is 0 Å². The van der Waals surface area contributed by atoms with Gasteiger partial charge in [0.2, 0.25) is 0 Å². The van der Waals surface area contributed by atoms with E-state index in [9.17, 15) is 4.79 Å². The number of benzene rings is 2. The highest BCUT2D eigenvalue weighted by Crippen LogP contribution is 2.23. The summed E-state index contributed by atoms with van der Waals surface area (Å²) in [5.74, 6) is -0.139. The number of carbonyl (C=O) groups excluding carboxylic acids is 1. The summed E-state index contributed by atoms with van der Waals surface area (Å²) in [6.07, 6.45) is 0.612. The minimum atomic E-state index is -0.232. The molecule has 0 bridgehead atoms. The van der Waals surface area contributed by atoms with E-state index in [-0.39, 0.29) is 11.7 Å². The van der Waals surface area contributed by atoms with E-state index in [0.29, 0.717) is 17.0 Å². The van der Waals surface area contributed by atoms with Gasteiger partial charge in [0.1, 0.15) is 5.78 Å². The molecule has 2 aromatic rings. The lowest BCUT2D eigenvalue weighted by Crippen LogP contribution is -2.12. The fraction of sp³-hybridized carbons (Fsp3) is 0.176. The van der Waals surface area contributed by atoms with Gasteiger partial charge in [-0.2, -0.15) is 5.26 Å². The molecule has 0 radical (unpaired) electrons. The maximum absolute atomic E-state index is 11.9. The molecule has 0 saturated carbocycles. The number of nitriles is 1. The number of rotatable bonds is 4. The molecule has 100 valence electrons. The van der Waals surface area contributed by atoms with Crippen molar-refractivity contribution in [2.75, 3.05) is 0 Å². The average molecular weight is 284 g/mol. The molecule has 0 unspecified atom stereocenters. The van der Waals surface area contributed by atoms with Crippen molar-refractivity contribution in [3.8, 4) is 6.07 Å². The van der Waals surface area contributed by atoms with Crippen molar-refractivity contribution in [2.24, 2.45) is 0 Å². The fourth-order valence-electron chi connectivity index (χ4n) is 2.18. The van der Waals surface area contributed by atoms with Crippen LogP contribution in [0.25, 0.3) is 0 Å². The summed E-state index contributed by atoms with van der Waals surface area (Å²) in [4.78, 5) is 11.9. The standard InChI is InChI=1S/C17H14ClNO/c1-12(20)17(10-13-5-7-16(18)8-6-13)15-4-2-3-14(9-15)11-19/h2-9,17H,10H2,1H3/t17-/m1/s1. The second-order valence-corrected chi connectivity index (χ2v) is 5.17. The molecule has 0 spiro atoms. The van der Waals surface area contributed by atoms with Crippen LogP contribution < -0.4 is 0 Å². The topological polar surface area (TPSA) is 40.9 Å². The highest BCUT2D eigenvalue weighted by atomic mass is 35.5. The summed E-state index contributed by atoms with van der Waals surface area (Å²) in [5.41, 5.74) is 2.51. The molecular weight excluding hydrogens is 270 g/mol. The summed E-state index contributed by atoms with van der Waals surface area (Å²) < 4.78 is 0. The summed E-state index contributed by atoms with van der Waals surface area (Å²) in [5, 5.41) is 9.63. The predicted molar refractivity (Wildman–Crippen MR) is 79.7 cm³/mol. The van der Waals surface area contributed by atoms with E-state index in [0.717, 1.165) is 11.1 Å². The monoisotopic (exact) mass is 283 g/mol. The molecule has 0 aromatic heterocycles. The third-order valence-corrected chi connectivity index (χ3v) is 3.51.